The molecule has 0 saturated heterocycles. The number of hydrogen-bond acceptors (Lipinski definition) is 4. The molecule has 20 heavy (non-hydrogen) atoms. The lowest BCUT2D eigenvalue weighted by molar-refractivity contribution is -0.172. The van der Waals surface area contributed by atoms with Gasteiger partial charge in [0, 0.05) is 18.0 Å². The molecule has 0 saturated carbocycles. The Morgan fingerprint density at radius 1 is 1.30 bits per heavy atom. The van der Waals surface area contributed by atoms with Crippen molar-refractivity contribution in [1.82, 2.24) is 9.97 Å². The lowest BCUT2D eigenvalue weighted by Gasteiger charge is -2.13. The number of aromatic nitrogens is 2. The Hall–Kier alpha value is -1.08. The lowest BCUT2D eigenvalue weighted by Crippen LogP contribution is -2.20. The summed E-state index contributed by atoms with van der Waals surface area (Å²) < 4.78 is 40.1. The number of hydrogen-bond donors (Lipinski definition) is 1. The second kappa shape index (κ2) is 7.08. The van der Waals surface area contributed by atoms with E-state index >= 15 is 0 Å². The van der Waals surface area contributed by atoms with Crippen molar-refractivity contribution in [3.05, 3.63) is 16.5 Å². The smallest absolute Gasteiger partial charge is 0.370 e. The van der Waals surface area contributed by atoms with Gasteiger partial charge in [-0.05, 0) is 6.92 Å². The number of halogens is 4. The number of nitrogens with one attached hydrogen (secondary N) is 1. The van der Waals surface area contributed by atoms with Crippen molar-refractivity contribution < 1.29 is 17.9 Å². The quantitative estimate of drug-likeness (QED) is 0.644. The van der Waals surface area contributed by atoms with Crippen molar-refractivity contribution in [3.8, 4) is 0 Å². The van der Waals surface area contributed by atoms with Gasteiger partial charge in [-0.25, -0.2) is 9.97 Å². The van der Waals surface area contributed by atoms with Crippen LogP contribution in [0.4, 0.5) is 19.0 Å². The first-order chi connectivity index (χ1) is 9.20. The van der Waals surface area contributed by atoms with Crippen LogP contribution < -0.4 is 5.32 Å². The normalized spacial score (nSPS) is 12.0. The van der Waals surface area contributed by atoms with Crippen LogP contribution in [0.3, 0.4) is 0 Å². The summed E-state index contributed by atoms with van der Waals surface area (Å²) >= 11 is 5.99. The van der Waals surface area contributed by atoms with Gasteiger partial charge in [0.15, 0.2) is 0 Å². The van der Waals surface area contributed by atoms with E-state index in [0.717, 1.165) is 0 Å². The molecule has 1 rings (SSSR count). The summed E-state index contributed by atoms with van der Waals surface area (Å²) in [4.78, 5) is 8.44. The molecule has 1 N–H and O–H groups in total. The minimum atomic E-state index is -4.31. The van der Waals surface area contributed by atoms with Gasteiger partial charge in [0.2, 0.25) is 0 Å². The molecule has 0 aliphatic carbocycles. The third-order valence-electron chi connectivity index (χ3n) is 2.42. The molecule has 0 unspecified atom stereocenters. The molecule has 114 valence electrons. The van der Waals surface area contributed by atoms with Crippen molar-refractivity contribution in [3.63, 3.8) is 0 Å². The van der Waals surface area contributed by atoms with Crippen LogP contribution in [0.2, 0.25) is 5.15 Å². The van der Waals surface area contributed by atoms with Crippen LogP contribution in [0.15, 0.2) is 0 Å². The number of alkyl halides is 3. The number of nitrogens with zero attached hydrogens (tertiary/aromatic N) is 2. The third-order valence-corrected chi connectivity index (χ3v) is 2.79. The van der Waals surface area contributed by atoms with Gasteiger partial charge in [-0.2, -0.15) is 13.2 Å². The van der Waals surface area contributed by atoms with Crippen LogP contribution in [-0.4, -0.2) is 35.9 Å². The van der Waals surface area contributed by atoms with Crippen LogP contribution in [0.1, 0.15) is 31.2 Å². The zero-order chi connectivity index (χ0) is 15.3. The van der Waals surface area contributed by atoms with Crippen LogP contribution in [0.5, 0.6) is 0 Å². The van der Waals surface area contributed by atoms with Gasteiger partial charge in [-0.1, -0.05) is 25.4 Å². The number of ether oxygens (including phenoxy) is 1. The lowest BCUT2D eigenvalue weighted by atomic mass is 10.2. The molecule has 0 bridgehead atoms. The summed E-state index contributed by atoms with van der Waals surface area (Å²) in [5.74, 6) is 1.21. The van der Waals surface area contributed by atoms with E-state index in [9.17, 15) is 13.2 Å². The maximum absolute atomic E-state index is 11.9. The molecule has 8 heteroatoms. The fourth-order valence-corrected chi connectivity index (χ4v) is 1.54. The van der Waals surface area contributed by atoms with Gasteiger partial charge in [0.25, 0.3) is 0 Å². The average molecular weight is 312 g/mol. The standard InChI is InChI=1S/C12H17ClF3N3O/c1-7(2)10-18-9(13)8(3)11(19-10)17-4-5-20-6-12(14,15)16/h7H,4-6H2,1-3H3,(H,17,18,19). The number of anilines is 1. The van der Waals surface area contributed by atoms with Gasteiger partial charge in [0.1, 0.15) is 23.4 Å². The molecular formula is C12H17ClF3N3O. The Balaban J connectivity index is 2.55. The molecular weight excluding hydrogens is 295 g/mol. The molecule has 0 aliphatic heterocycles. The van der Waals surface area contributed by atoms with Gasteiger partial charge in [-0.15, -0.1) is 0 Å². The Bertz CT molecular complexity index is 452. The second-order valence-corrected chi connectivity index (χ2v) is 4.95. The SMILES string of the molecule is Cc1c(Cl)nc(C(C)C)nc1NCCOCC(F)(F)F. The van der Waals surface area contributed by atoms with E-state index in [2.05, 4.69) is 20.0 Å². The minimum Gasteiger partial charge on any atom is -0.370 e. The van der Waals surface area contributed by atoms with Crippen molar-refractivity contribution >= 4 is 17.4 Å². The fourth-order valence-electron chi connectivity index (χ4n) is 1.37. The van der Waals surface area contributed by atoms with Gasteiger partial charge in [0.05, 0.1) is 6.61 Å². The highest BCUT2D eigenvalue weighted by Crippen LogP contribution is 2.22. The summed E-state index contributed by atoms with van der Waals surface area (Å²) in [6.07, 6.45) is -4.31. The first-order valence-electron chi connectivity index (χ1n) is 6.13. The maximum atomic E-state index is 11.9. The largest absolute Gasteiger partial charge is 0.411 e. The Morgan fingerprint density at radius 3 is 2.50 bits per heavy atom. The predicted molar refractivity (Wildman–Crippen MR) is 71.2 cm³/mol. The van der Waals surface area contributed by atoms with E-state index in [-0.39, 0.29) is 19.1 Å². The molecule has 1 aromatic heterocycles. The molecule has 0 amide bonds. The molecule has 0 aromatic carbocycles. The minimum absolute atomic E-state index is 0.0718. The molecule has 0 aliphatic rings. The zero-order valence-corrected chi connectivity index (χ0v) is 12.3. The molecule has 0 atom stereocenters. The topological polar surface area (TPSA) is 47.0 Å². The summed E-state index contributed by atoms with van der Waals surface area (Å²) in [6, 6.07) is 0. The zero-order valence-electron chi connectivity index (χ0n) is 11.5. The maximum Gasteiger partial charge on any atom is 0.411 e. The number of rotatable bonds is 6. The van der Waals surface area contributed by atoms with E-state index in [0.29, 0.717) is 22.4 Å². The Kier molecular flexibility index (Phi) is 6.01. The average Bonchev–Trinajstić information content (AvgIpc) is 2.32. The molecule has 0 spiro atoms. The molecule has 0 radical (unpaired) electrons. The Labute approximate surface area is 120 Å². The highest BCUT2D eigenvalue weighted by atomic mass is 35.5. The van der Waals surface area contributed by atoms with Crippen LogP contribution in [-0.2, 0) is 4.74 Å². The summed E-state index contributed by atoms with van der Waals surface area (Å²) in [5, 5.41) is 3.24. The van der Waals surface area contributed by atoms with Gasteiger partial charge >= 0.3 is 6.18 Å². The van der Waals surface area contributed by atoms with Crippen molar-refractivity contribution in [2.45, 2.75) is 32.9 Å². The van der Waals surface area contributed by atoms with Crippen molar-refractivity contribution in [2.24, 2.45) is 0 Å². The van der Waals surface area contributed by atoms with E-state index < -0.39 is 12.8 Å². The highest BCUT2D eigenvalue weighted by molar-refractivity contribution is 6.30. The first kappa shape index (κ1) is 17.0. The third kappa shape index (κ3) is 5.50. The van der Waals surface area contributed by atoms with E-state index in [1.165, 1.54) is 0 Å². The summed E-state index contributed by atoms with van der Waals surface area (Å²) in [7, 11) is 0. The monoisotopic (exact) mass is 311 g/mol. The molecule has 0 fully saturated rings. The fraction of sp³-hybridized carbons (Fsp3) is 0.667. The van der Waals surface area contributed by atoms with E-state index in [4.69, 9.17) is 11.6 Å². The molecule has 1 aromatic rings. The van der Waals surface area contributed by atoms with E-state index in [1.807, 2.05) is 13.8 Å². The Morgan fingerprint density at radius 2 is 1.95 bits per heavy atom. The van der Waals surface area contributed by atoms with E-state index in [1.54, 1.807) is 6.92 Å². The van der Waals surface area contributed by atoms with Crippen molar-refractivity contribution in [1.29, 1.82) is 0 Å². The van der Waals surface area contributed by atoms with Crippen molar-refractivity contribution in [2.75, 3.05) is 25.1 Å². The summed E-state index contributed by atoms with van der Waals surface area (Å²) in [6.45, 7) is 4.48. The summed E-state index contributed by atoms with van der Waals surface area (Å²) in [5.41, 5.74) is 0.659. The second-order valence-electron chi connectivity index (χ2n) is 4.60. The highest BCUT2D eigenvalue weighted by Gasteiger charge is 2.27. The van der Waals surface area contributed by atoms with Gasteiger partial charge in [-0.3, -0.25) is 0 Å². The van der Waals surface area contributed by atoms with Crippen LogP contribution >= 0.6 is 11.6 Å². The molecule has 4 nitrogen and oxygen atoms in total. The predicted octanol–water partition coefficient (Wildman–Crippen LogP) is 3.55. The first-order valence-corrected chi connectivity index (χ1v) is 6.51. The van der Waals surface area contributed by atoms with Gasteiger partial charge < -0.3 is 10.1 Å². The van der Waals surface area contributed by atoms with Crippen LogP contribution in [0, 0.1) is 6.92 Å². The van der Waals surface area contributed by atoms with Crippen LogP contribution in [0.25, 0.3) is 0 Å². The molecule has 1 heterocycles.